The Balaban J connectivity index is 1.61. The quantitative estimate of drug-likeness (QED) is 0.702. The van der Waals surface area contributed by atoms with Crippen molar-refractivity contribution in [1.29, 1.82) is 0 Å². The Labute approximate surface area is 156 Å². The first-order valence-corrected chi connectivity index (χ1v) is 9.86. The van der Waals surface area contributed by atoms with Crippen molar-refractivity contribution in [2.24, 2.45) is 0 Å². The zero-order chi connectivity index (χ0) is 18.6. The first-order valence-electron chi connectivity index (χ1n) is 7.83. The van der Waals surface area contributed by atoms with Crippen LogP contribution in [0.5, 0.6) is 0 Å². The fraction of sp³-hybridized carbons (Fsp3) is 0.111. The summed E-state index contributed by atoms with van der Waals surface area (Å²) in [4.78, 5) is 12.4. The number of sulfone groups is 1. The zero-order valence-electron chi connectivity index (χ0n) is 13.7. The highest BCUT2D eigenvalue weighted by Gasteiger charge is 2.15. The molecule has 0 radical (unpaired) electrons. The number of rotatable bonds is 6. The van der Waals surface area contributed by atoms with Gasteiger partial charge in [-0.25, -0.2) is 13.1 Å². The smallest absolute Gasteiger partial charge is 0.271 e. The van der Waals surface area contributed by atoms with E-state index in [4.69, 9.17) is 11.6 Å². The van der Waals surface area contributed by atoms with Crippen LogP contribution in [0, 0.1) is 0 Å². The van der Waals surface area contributed by atoms with Gasteiger partial charge >= 0.3 is 0 Å². The summed E-state index contributed by atoms with van der Waals surface area (Å²) in [6, 6.07) is 16.8. The molecule has 0 aliphatic heterocycles. The molecule has 0 unspecified atom stereocenters. The van der Waals surface area contributed by atoms with Crippen LogP contribution in [0.2, 0.25) is 5.02 Å². The molecule has 6 nitrogen and oxygen atoms in total. The summed E-state index contributed by atoms with van der Waals surface area (Å²) >= 11 is 5.95. The second kappa shape index (κ2) is 7.72. The fourth-order valence-electron chi connectivity index (χ4n) is 2.34. The topological polar surface area (TPSA) is 81.1 Å². The van der Waals surface area contributed by atoms with E-state index < -0.39 is 15.7 Å². The van der Waals surface area contributed by atoms with E-state index >= 15 is 0 Å². The molecule has 0 bridgehead atoms. The second-order valence-corrected chi connectivity index (χ2v) is 8.06. The van der Waals surface area contributed by atoms with E-state index in [-0.39, 0.29) is 22.9 Å². The molecule has 0 aliphatic rings. The van der Waals surface area contributed by atoms with Crippen molar-refractivity contribution in [3.05, 3.63) is 77.6 Å². The van der Waals surface area contributed by atoms with Crippen LogP contribution in [0.4, 0.5) is 0 Å². The number of benzene rings is 2. The molecule has 2 aromatic carbocycles. The number of carbonyl (C=O) groups excluding carboxylic acids is 1. The number of halogens is 1. The maximum Gasteiger partial charge on any atom is 0.271 e. The predicted molar refractivity (Wildman–Crippen MR) is 99.4 cm³/mol. The Bertz CT molecular complexity index is 1020. The number of carbonyl (C=O) groups is 1. The highest BCUT2D eigenvalue weighted by atomic mass is 35.5. The summed E-state index contributed by atoms with van der Waals surface area (Å²) in [5.74, 6) is -0.619. The maximum absolute atomic E-state index is 12.2. The molecule has 0 saturated heterocycles. The van der Waals surface area contributed by atoms with Crippen LogP contribution >= 0.6 is 11.6 Å². The number of hydrogen-bond acceptors (Lipinski definition) is 4. The van der Waals surface area contributed by atoms with E-state index in [1.54, 1.807) is 48.7 Å². The van der Waals surface area contributed by atoms with Crippen LogP contribution in [-0.4, -0.2) is 36.4 Å². The molecule has 1 N–H and O–H groups in total. The van der Waals surface area contributed by atoms with Gasteiger partial charge in [0.1, 0.15) is 0 Å². The van der Waals surface area contributed by atoms with Gasteiger partial charge in [0, 0.05) is 17.8 Å². The summed E-state index contributed by atoms with van der Waals surface area (Å²) in [6.07, 6.45) is 1.64. The normalized spacial score (nSPS) is 11.3. The minimum absolute atomic E-state index is 0.0000854. The lowest BCUT2D eigenvalue weighted by atomic mass is 10.3. The highest BCUT2D eigenvalue weighted by Crippen LogP contribution is 2.14. The molecule has 0 aliphatic carbocycles. The molecule has 134 valence electrons. The third-order valence-corrected chi connectivity index (χ3v) is 5.62. The van der Waals surface area contributed by atoms with Crippen molar-refractivity contribution in [2.45, 2.75) is 4.90 Å². The largest absolute Gasteiger partial charge is 0.350 e. The van der Waals surface area contributed by atoms with Gasteiger partial charge in [-0.3, -0.25) is 4.79 Å². The van der Waals surface area contributed by atoms with Crippen LogP contribution in [0.25, 0.3) is 5.69 Å². The molecule has 1 aromatic heterocycles. The minimum Gasteiger partial charge on any atom is -0.350 e. The van der Waals surface area contributed by atoms with E-state index in [0.717, 1.165) is 5.69 Å². The first-order chi connectivity index (χ1) is 12.5. The van der Waals surface area contributed by atoms with Crippen molar-refractivity contribution < 1.29 is 13.2 Å². The molecule has 0 fully saturated rings. The lowest BCUT2D eigenvalue weighted by molar-refractivity contribution is 0.0950. The van der Waals surface area contributed by atoms with E-state index in [9.17, 15) is 13.2 Å². The van der Waals surface area contributed by atoms with Crippen molar-refractivity contribution in [1.82, 2.24) is 15.1 Å². The fourth-order valence-corrected chi connectivity index (χ4v) is 3.71. The van der Waals surface area contributed by atoms with Crippen LogP contribution in [-0.2, 0) is 9.84 Å². The maximum atomic E-state index is 12.2. The Morgan fingerprint density at radius 2 is 1.85 bits per heavy atom. The Hall–Kier alpha value is -2.64. The van der Waals surface area contributed by atoms with Gasteiger partial charge in [-0.05, 0) is 36.4 Å². The molecule has 26 heavy (non-hydrogen) atoms. The van der Waals surface area contributed by atoms with Crippen molar-refractivity contribution in [3.63, 3.8) is 0 Å². The predicted octanol–water partition coefficient (Wildman–Crippen LogP) is 2.73. The van der Waals surface area contributed by atoms with Gasteiger partial charge in [-0.2, -0.15) is 5.10 Å². The third kappa shape index (κ3) is 4.30. The van der Waals surface area contributed by atoms with Crippen LogP contribution in [0.3, 0.4) is 0 Å². The molecule has 0 saturated carbocycles. The van der Waals surface area contributed by atoms with Crippen molar-refractivity contribution in [2.75, 3.05) is 12.3 Å². The molecule has 0 atom stereocenters. The molecule has 8 heteroatoms. The van der Waals surface area contributed by atoms with E-state index in [2.05, 4.69) is 10.4 Å². The van der Waals surface area contributed by atoms with Gasteiger partial charge < -0.3 is 5.32 Å². The highest BCUT2D eigenvalue weighted by molar-refractivity contribution is 7.91. The Morgan fingerprint density at radius 1 is 1.08 bits per heavy atom. The van der Waals surface area contributed by atoms with Crippen LogP contribution < -0.4 is 5.32 Å². The molecule has 1 heterocycles. The third-order valence-electron chi connectivity index (χ3n) is 3.65. The molecular weight excluding hydrogens is 374 g/mol. The summed E-state index contributed by atoms with van der Waals surface area (Å²) in [5.41, 5.74) is 0.922. The number of hydrogen-bond donors (Lipinski definition) is 1. The first kappa shape index (κ1) is 18.2. The van der Waals surface area contributed by atoms with Gasteiger partial charge in [0.2, 0.25) is 0 Å². The average Bonchev–Trinajstić information content (AvgIpc) is 3.12. The van der Waals surface area contributed by atoms with Gasteiger partial charge in [-0.1, -0.05) is 35.9 Å². The SMILES string of the molecule is O=C(NCCS(=O)(=O)c1ccccc1)c1ccn(-c2cccc(Cl)c2)n1. The van der Waals surface area contributed by atoms with Crippen molar-refractivity contribution >= 4 is 27.3 Å². The number of nitrogens with zero attached hydrogens (tertiary/aromatic N) is 2. The van der Waals surface area contributed by atoms with Gasteiger partial charge in [0.15, 0.2) is 15.5 Å². The van der Waals surface area contributed by atoms with Crippen LogP contribution in [0.1, 0.15) is 10.5 Å². The van der Waals surface area contributed by atoms with Gasteiger partial charge in [0.25, 0.3) is 5.91 Å². The van der Waals surface area contributed by atoms with Gasteiger partial charge in [0.05, 0.1) is 16.3 Å². The minimum atomic E-state index is -3.44. The van der Waals surface area contributed by atoms with Crippen molar-refractivity contribution in [3.8, 4) is 5.69 Å². The Morgan fingerprint density at radius 3 is 2.58 bits per heavy atom. The summed E-state index contributed by atoms with van der Waals surface area (Å²) in [5, 5.41) is 7.34. The van der Waals surface area contributed by atoms with E-state index in [0.29, 0.717) is 5.02 Å². The lowest BCUT2D eigenvalue weighted by Crippen LogP contribution is -2.29. The van der Waals surface area contributed by atoms with E-state index in [1.807, 2.05) is 6.07 Å². The molecule has 1 amide bonds. The summed E-state index contributed by atoms with van der Waals surface area (Å²) in [7, 11) is -3.44. The molecule has 0 spiro atoms. The number of amides is 1. The Kier molecular flexibility index (Phi) is 5.39. The summed E-state index contributed by atoms with van der Waals surface area (Å²) < 4.78 is 25.9. The lowest BCUT2D eigenvalue weighted by Gasteiger charge is -2.05. The molecular formula is C18H16ClN3O3S. The van der Waals surface area contributed by atoms with E-state index in [1.165, 1.54) is 16.8 Å². The number of nitrogens with one attached hydrogen (secondary N) is 1. The monoisotopic (exact) mass is 389 g/mol. The zero-order valence-corrected chi connectivity index (χ0v) is 15.2. The van der Waals surface area contributed by atoms with Crippen LogP contribution in [0.15, 0.2) is 71.8 Å². The average molecular weight is 390 g/mol. The van der Waals surface area contributed by atoms with Gasteiger partial charge in [-0.15, -0.1) is 0 Å². The number of aromatic nitrogens is 2. The molecule has 3 aromatic rings. The second-order valence-electron chi connectivity index (χ2n) is 5.51. The molecule has 3 rings (SSSR count). The summed E-state index contributed by atoms with van der Waals surface area (Å²) in [6.45, 7) is 0.0000854. The standard InChI is InChI=1S/C18H16ClN3O3S/c19-14-5-4-6-15(13-14)22-11-9-17(21-22)18(23)20-10-12-26(24,25)16-7-2-1-3-8-16/h1-9,11,13H,10,12H2,(H,20,23).